The Balaban J connectivity index is 1.16. The lowest BCUT2D eigenvalue weighted by molar-refractivity contribution is 0.669. The van der Waals surface area contributed by atoms with Crippen LogP contribution >= 0.6 is 0 Å². The number of furan rings is 1. The van der Waals surface area contributed by atoms with Gasteiger partial charge in [-0.15, -0.1) is 0 Å². The molecule has 0 saturated carbocycles. The Morgan fingerprint density at radius 3 is 1.52 bits per heavy atom. The van der Waals surface area contributed by atoms with Crippen LogP contribution in [0.4, 0.5) is 34.1 Å². The van der Waals surface area contributed by atoms with Crippen molar-refractivity contribution >= 4 is 110 Å². The number of fused-ring (bicyclic) bond motifs is 7. The van der Waals surface area contributed by atoms with Crippen LogP contribution in [0.15, 0.2) is 223 Å². The van der Waals surface area contributed by atoms with E-state index in [1.165, 1.54) is 76.1 Å². The molecule has 0 aliphatic rings. The van der Waals surface area contributed by atoms with Crippen molar-refractivity contribution < 1.29 is 4.42 Å². The van der Waals surface area contributed by atoms with E-state index in [2.05, 4.69) is 242 Å². The average Bonchev–Trinajstić information content (AvgIpc) is 3.75. The first-order chi connectivity index (χ1) is 32.1. The van der Waals surface area contributed by atoms with E-state index in [0.717, 1.165) is 56.1 Å². The third-order valence-electron chi connectivity index (χ3n) is 13.6. The van der Waals surface area contributed by atoms with Gasteiger partial charge in [-0.3, -0.25) is 0 Å². The molecule has 0 saturated heterocycles. The number of anilines is 6. The van der Waals surface area contributed by atoms with Crippen LogP contribution in [0.1, 0.15) is 11.1 Å². The first kappa shape index (κ1) is 37.2. The lowest BCUT2D eigenvalue weighted by Crippen LogP contribution is -2.13. The highest BCUT2D eigenvalue weighted by atomic mass is 16.3. The zero-order chi connectivity index (χ0) is 43.2. The standard InChI is InChI=1S/C62H42N2O/c1-39-36-55(63(45-20-7-4-8-21-45)47-33-30-42-18-9-10-19-44(42)38-47)58-51-23-11-12-24-52(51)59-56(37-40(2)49-35-34-48(39)60(58)61(49)59)64(46-31-28-43(29-32-46)41-16-5-3-6-17-41)54-26-15-25-53-50-22-13-14-27-57(50)65-62(53)54/h3-38H,1-2H3. The average molecular weight is 831 g/mol. The van der Waals surface area contributed by atoms with Crippen LogP contribution in [-0.2, 0) is 0 Å². The minimum Gasteiger partial charge on any atom is -0.454 e. The van der Waals surface area contributed by atoms with E-state index in [4.69, 9.17) is 4.42 Å². The highest BCUT2D eigenvalue weighted by molar-refractivity contribution is 6.39. The third-order valence-corrected chi connectivity index (χ3v) is 13.6. The van der Waals surface area contributed by atoms with Gasteiger partial charge in [-0.25, -0.2) is 0 Å². The van der Waals surface area contributed by atoms with E-state index in [0.29, 0.717) is 0 Å². The maximum atomic E-state index is 6.86. The topological polar surface area (TPSA) is 19.6 Å². The van der Waals surface area contributed by atoms with Crippen LogP contribution in [0, 0.1) is 13.8 Å². The number of hydrogen-bond donors (Lipinski definition) is 0. The van der Waals surface area contributed by atoms with Crippen LogP contribution in [0.3, 0.4) is 0 Å². The highest BCUT2D eigenvalue weighted by Gasteiger charge is 2.28. The molecule has 1 heterocycles. The molecule has 0 atom stereocenters. The zero-order valence-corrected chi connectivity index (χ0v) is 36.1. The molecule has 1 aromatic heterocycles. The number of nitrogens with zero attached hydrogens (tertiary/aromatic N) is 2. The van der Waals surface area contributed by atoms with Crippen molar-refractivity contribution in [1.29, 1.82) is 0 Å². The summed E-state index contributed by atoms with van der Waals surface area (Å²) in [6, 6.07) is 79.5. The molecular formula is C62H42N2O. The predicted molar refractivity (Wildman–Crippen MR) is 277 cm³/mol. The fourth-order valence-corrected chi connectivity index (χ4v) is 10.6. The van der Waals surface area contributed by atoms with Gasteiger partial charge in [0, 0.05) is 49.4 Å². The molecular weight excluding hydrogens is 789 g/mol. The Labute approximate surface area is 377 Å². The second-order valence-electron chi connectivity index (χ2n) is 17.3. The molecule has 0 amide bonds. The van der Waals surface area contributed by atoms with Crippen molar-refractivity contribution in [1.82, 2.24) is 0 Å². The van der Waals surface area contributed by atoms with Crippen LogP contribution in [0.25, 0.3) is 86.9 Å². The van der Waals surface area contributed by atoms with E-state index in [-0.39, 0.29) is 0 Å². The first-order valence-corrected chi connectivity index (χ1v) is 22.4. The number of hydrogen-bond acceptors (Lipinski definition) is 3. The Kier molecular flexibility index (Phi) is 8.34. The minimum absolute atomic E-state index is 0.862. The van der Waals surface area contributed by atoms with E-state index in [1.54, 1.807) is 0 Å². The van der Waals surface area contributed by atoms with Gasteiger partial charge in [0.1, 0.15) is 5.58 Å². The molecule has 3 nitrogen and oxygen atoms in total. The molecule has 0 aliphatic carbocycles. The van der Waals surface area contributed by atoms with Gasteiger partial charge in [0.25, 0.3) is 0 Å². The Bertz CT molecular complexity index is 3960. The van der Waals surface area contributed by atoms with Crippen LogP contribution in [0.2, 0.25) is 0 Å². The zero-order valence-electron chi connectivity index (χ0n) is 36.1. The van der Waals surface area contributed by atoms with Crippen molar-refractivity contribution in [2.75, 3.05) is 9.80 Å². The van der Waals surface area contributed by atoms with Crippen molar-refractivity contribution in [2.24, 2.45) is 0 Å². The quantitative estimate of drug-likeness (QED) is 0.118. The summed E-state index contributed by atoms with van der Waals surface area (Å²) in [4.78, 5) is 4.92. The summed E-state index contributed by atoms with van der Waals surface area (Å²) in [6.45, 7) is 4.55. The van der Waals surface area contributed by atoms with Crippen molar-refractivity contribution in [3.63, 3.8) is 0 Å². The summed E-state index contributed by atoms with van der Waals surface area (Å²) >= 11 is 0. The molecule has 13 rings (SSSR count). The van der Waals surface area contributed by atoms with Gasteiger partial charge in [0.05, 0.1) is 17.1 Å². The number of benzene rings is 12. The maximum absolute atomic E-state index is 6.86. The van der Waals surface area contributed by atoms with E-state index in [1.807, 2.05) is 0 Å². The van der Waals surface area contributed by atoms with Crippen LogP contribution in [0.5, 0.6) is 0 Å². The van der Waals surface area contributed by atoms with Gasteiger partial charge in [-0.05, 0) is 129 Å². The first-order valence-electron chi connectivity index (χ1n) is 22.4. The molecule has 0 bridgehead atoms. The second kappa shape index (κ2) is 14.6. The Morgan fingerprint density at radius 1 is 0.308 bits per heavy atom. The molecule has 0 aliphatic heterocycles. The van der Waals surface area contributed by atoms with Gasteiger partial charge >= 0.3 is 0 Å². The van der Waals surface area contributed by atoms with Gasteiger partial charge in [0.15, 0.2) is 5.58 Å². The highest BCUT2D eigenvalue weighted by Crippen LogP contribution is 2.54. The Hall–Kier alpha value is -8.40. The molecule has 0 unspecified atom stereocenters. The smallest absolute Gasteiger partial charge is 0.159 e. The molecule has 0 spiro atoms. The minimum atomic E-state index is 0.862. The van der Waals surface area contributed by atoms with Gasteiger partial charge in [-0.1, -0.05) is 158 Å². The summed E-state index contributed by atoms with van der Waals surface area (Å²) in [7, 11) is 0. The van der Waals surface area contributed by atoms with E-state index >= 15 is 0 Å². The number of para-hydroxylation sites is 3. The number of aryl methyl sites for hydroxylation is 2. The molecule has 0 radical (unpaired) electrons. The largest absolute Gasteiger partial charge is 0.454 e. The van der Waals surface area contributed by atoms with Gasteiger partial charge in [-0.2, -0.15) is 0 Å². The second-order valence-corrected chi connectivity index (χ2v) is 17.3. The SMILES string of the molecule is Cc1cc(N(c2ccccc2)c2ccc3ccccc3c2)c2c3ccccc3c3c(N(c4ccc(-c5ccccc5)cc4)c4cccc5c4oc4ccccc45)cc(C)c4ccc1c2c43. The van der Waals surface area contributed by atoms with Crippen molar-refractivity contribution in [2.45, 2.75) is 13.8 Å². The fraction of sp³-hybridized carbons (Fsp3) is 0.0323. The summed E-state index contributed by atoms with van der Waals surface area (Å²) < 4.78 is 6.86. The van der Waals surface area contributed by atoms with Gasteiger partial charge in [0.2, 0.25) is 0 Å². The summed E-state index contributed by atoms with van der Waals surface area (Å²) in [5.41, 5.74) is 13.1. The molecule has 0 N–H and O–H groups in total. The lowest BCUT2D eigenvalue weighted by Gasteiger charge is -2.31. The molecule has 3 heteroatoms. The Morgan fingerprint density at radius 2 is 0.831 bits per heavy atom. The maximum Gasteiger partial charge on any atom is 0.159 e. The number of rotatable bonds is 7. The molecule has 13 aromatic rings. The van der Waals surface area contributed by atoms with E-state index in [9.17, 15) is 0 Å². The third kappa shape index (κ3) is 5.76. The van der Waals surface area contributed by atoms with Crippen molar-refractivity contribution in [3.8, 4) is 11.1 Å². The molecule has 0 fully saturated rings. The van der Waals surface area contributed by atoms with Crippen molar-refractivity contribution in [3.05, 3.63) is 230 Å². The normalized spacial score (nSPS) is 11.8. The summed E-state index contributed by atoms with van der Waals surface area (Å²) in [5, 5.41) is 14.6. The van der Waals surface area contributed by atoms with Crippen LogP contribution in [-0.4, -0.2) is 0 Å². The van der Waals surface area contributed by atoms with Gasteiger partial charge < -0.3 is 14.2 Å². The molecule has 65 heavy (non-hydrogen) atoms. The molecule has 12 aromatic carbocycles. The predicted octanol–water partition coefficient (Wildman–Crippen LogP) is 18.0. The summed E-state index contributed by atoms with van der Waals surface area (Å²) in [5.74, 6) is 0. The lowest BCUT2D eigenvalue weighted by atomic mass is 9.84. The molecule has 306 valence electrons. The fourth-order valence-electron chi connectivity index (χ4n) is 10.6. The van der Waals surface area contributed by atoms with E-state index < -0.39 is 0 Å². The monoisotopic (exact) mass is 830 g/mol. The summed E-state index contributed by atoms with van der Waals surface area (Å²) in [6.07, 6.45) is 0. The van der Waals surface area contributed by atoms with Crippen LogP contribution < -0.4 is 9.80 Å².